The Morgan fingerprint density at radius 2 is 2.00 bits per heavy atom. The van der Waals surface area contributed by atoms with Gasteiger partial charge in [0.05, 0.1) is 7.11 Å². The second kappa shape index (κ2) is 5.00. The number of carbonyl (C=O) groups is 1. The molecule has 0 radical (unpaired) electrons. The van der Waals surface area contributed by atoms with Gasteiger partial charge in [-0.05, 0) is 54.7 Å². The van der Waals surface area contributed by atoms with Crippen molar-refractivity contribution in [2.24, 2.45) is 0 Å². The zero-order chi connectivity index (χ0) is 14.1. The van der Waals surface area contributed by atoms with Gasteiger partial charge >= 0.3 is 0 Å². The van der Waals surface area contributed by atoms with Crippen LogP contribution in [0.15, 0.2) is 42.5 Å². The molecule has 20 heavy (non-hydrogen) atoms. The number of phenolic OH excluding ortho intramolecular Hbond substituents is 1. The summed E-state index contributed by atoms with van der Waals surface area (Å²) in [6, 6.07) is 12.1. The van der Waals surface area contributed by atoms with Crippen LogP contribution in [-0.4, -0.2) is 18.0 Å². The Morgan fingerprint density at radius 1 is 1.20 bits per heavy atom. The summed E-state index contributed by atoms with van der Waals surface area (Å²) in [6.07, 6.45) is 2.17. The Bertz CT molecular complexity index is 657. The van der Waals surface area contributed by atoms with Crippen molar-refractivity contribution < 1.29 is 14.6 Å². The molecule has 0 aliphatic heterocycles. The van der Waals surface area contributed by atoms with Gasteiger partial charge in [-0.2, -0.15) is 0 Å². The third kappa shape index (κ3) is 2.39. The van der Waals surface area contributed by atoms with Crippen LogP contribution in [0.1, 0.15) is 40.2 Å². The summed E-state index contributed by atoms with van der Waals surface area (Å²) >= 11 is 0. The molecule has 1 N–H and O–H groups in total. The Morgan fingerprint density at radius 3 is 2.70 bits per heavy atom. The third-order valence-corrected chi connectivity index (χ3v) is 3.63. The van der Waals surface area contributed by atoms with Gasteiger partial charge in [0.1, 0.15) is 11.5 Å². The van der Waals surface area contributed by atoms with E-state index in [2.05, 4.69) is 0 Å². The van der Waals surface area contributed by atoms with Crippen LogP contribution in [0.2, 0.25) is 0 Å². The topological polar surface area (TPSA) is 46.5 Å². The van der Waals surface area contributed by atoms with Crippen LogP contribution in [0.5, 0.6) is 11.5 Å². The predicted molar refractivity (Wildman–Crippen MR) is 76.5 cm³/mol. The lowest BCUT2D eigenvalue weighted by Gasteiger charge is -2.09. The van der Waals surface area contributed by atoms with Gasteiger partial charge in [-0.3, -0.25) is 4.79 Å². The molecule has 0 amide bonds. The molecule has 0 atom stereocenters. The molecule has 0 heterocycles. The summed E-state index contributed by atoms with van der Waals surface area (Å²) in [6.45, 7) is 0. The predicted octanol–water partition coefficient (Wildman–Crippen LogP) is 3.51. The minimum Gasteiger partial charge on any atom is -0.508 e. The fraction of sp³-hybridized carbons (Fsp3) is 0.235. The Hall–Kier alpha value is -2.29. The van der Waals surface area contributed by atoms with Crippen LogP contribution in [0.3, 0.4) is 0 Å². The number of benzene rings is 2. The van der Waals surface area contributed by atoms with E-state index in [-0.39, 0.29) is 11.5 Å². The second-order valence-corrected chi connectivity index (χ2v) is 5.11. The minimum absolute atomic E-state index is 0.0224. The van der Waals surface area contributed by atoms with Gasteiger partial charge < -0.3 is 9.84 Å². The fourth-order valence-electron chi connectivity index (χ4n) is 2.41. The maximum absolute atomic E-state index is 12.6. The number of ketones is 1. The van der Waals surface area contributed by atoms with Crippen molar-refractivity contribution in [2.45, 2.75) is 18.8 Å². The van der Waals surface area contributed by atoms with Crippen LogP contribution < -0.4 is 4.74 Å². The lowest BCUT2D eigenvalue weighted by Crippen LogP contribution is -2.05. The summed E-state index contributed by atoms with van der Waals surface area (Å²) < 4.78 is 5.16. The first-order valence-corrected chi connectivity index (χ1v) is 6.70. The highest BCUT2D eigenvalue weighted by Crippen LogP contribution is 2.43. The molecule has 1 aliphatic carbocycles. The van der Waals surface area contributed by atoms with E-state index >= 15 is 0 Å². The van der Waals surface area contributed by atoms with Gasteiger partial charge in [0, 0.05) is 11.1 Å². The number of hydrogen-bond acceptors (Lipinski definition) is 3. The summed E-state index contributed by atoms with van der Waals surface area (Å²) in [4.78, 5) is 12.6. The van der Waals surface area contributed by atoms with Crippen molar-refractivity contribution in [3.8, 4) is 11.5 Å². The summed E-state index contributed by atoms with van der Waals surface area (Å²) in [5.41, 5.74) is 2.24. The van der Waals surface area contributed by atoms with Gasteiger partial charge in [0.15, 0.2) is 5.78 Å². The van der Waals surface area contributed by atoms with Crippen molar-refractivity contribution in [3.05, 3.63) is 59.2 Å². The van der Waals surface area contributed by atoms with Crippen LogP contribution >= 0.6 is 0 Å². The van der Waals surface area contributed by atoms with Crippen LogP contribution in [0.4, 0.5) is 0 Å². The highest BCUT2D eigenvalue weighted by molar-refractivity contribution is 6.10. The molecule has 2 aromatic rings. The number of aromatic hydroxyl groups is 1. The molecule has 3 nitrogen and oxygen atoms in total. The lowest BCUT2D eigenvalue weighted by molar-refractivity contribution is 0.103. The second-order valence-electron chi connectivity index (χ2n) is 5.11. The molecule has 3 rings (SSSR count). The van der Waals surface area contributed by atoms with E-state index in [1.54, 1.807) is 37.4 Å². The number of hydrogen-bond donors (Lipinski definition) is 1. The molecule has 1 saturated carbocycles. The van der Waals surface area contributed by atoms with Gasteiger partial charge in [-0.1, -0.05) is 12.1 Å². The van der Waals surface area contributed by atoms with E-state index in [9.17, 15) is 9.90 Å². The molecular weight excluding hydrogens is 252 g/mol. The van der Waals surface area contributed by atoms with Crippen molar-refractivity contribution >= 4 is 5.78 Å². The largest absolute Gasteiger partial charge is 0.508 e. The summed E-state index contributed by atoms with van der Waals surface area (Å²) in [7, 11) is 1.58. The number of carbonyl (C=O) groups excluding carboxylic acids is 1. The highest BCUT2D eigenvalue weighted by Gasteiger charge is 2.28. The van der Waals surface area contributed by atoms with Crippen LogP contribution in [0, 0.1) is 0 Å². The smallest absolute Gasteiger partial charge is 0.193 e. The van der Waals surface area contributed by atoms with Gasteiger partial charge in [-0.15, -0.1) is 0 Å². The normalized spacial score (nSPS) is 14.1. The molecule has 0 unspecified atom stereocenters. The van der Waals surface area contributed by atoms with Gasteiger partial charge in [0.2, 0.25) is 0 Å². The van der Waals surface area contributed by atoms with Crippen molar-refractivity contribution in [3.63, 3.8) is 0 Å². The van der Waals surface area contributed by atoms with E-state index < -0.39 is 0 Å². The Labute approximate surface area is 117 Å². The molecular formula is C17H16O3. The number of rotatable bonds is 4. The molecule has 0 aromatic heterocycles. The molecule has 1 fully saturated rings. The monoisotopic (exact) mass is 268 g/mol. The standard InChI is InChI=1S/C17H16O3/c1-20-14-4-2-3-12(9-14)17(19)15-8-7-13(18)10-16(15)11-5-6-11/h2-4,7-11,18H,5-6H2,1H3. The van der Waals surface area contributed by atoms with Gasteiger partial charge in [0.25, 0.3) is 0 Å². The van der Waals surface area contributed by atoms with Gasteiger partial charge in [-0.25, -0.2) is 0 Å². The number of phenols is 1. The first-order chi connectivity index (χ1) is 9.69. The molecule has 1 aliphatic rings. The highest BCUT2D eigenvalue weighted by atomic mass is 16.5. The molecule has 2 aromatic carbocycles. The maximum Gasteiger partial charge on any atom is 0.193 e. The quantitative estimate of drug-likeness (QED) is 0.863. The molecule has 0 saturated heterocycles. The van der Waals surface area contributed by atoms with Crippen molar-refractivity contribution in [1.29, 1.82) is 0 Å². The van der Waals surface area contributed by atoms with E-state index in [1.165, 1.54) is 0 Å². The molecule has 102 valence electrons. The van der Waals surface area contributed by atoms with E-state index in [0.29, 0.717) is 22.8 Å². The molecule has 0 spiro atoms. The van der Waals surface area contributed by atoms with Crippen molar-refractivity contribution in [1.82, 2.24) is 0 Å². The van der Waals surface area contributed by atoms with E-state index in [4.69, 9.17) is 4.74 Å². The zero-order valence-corrected chi connectivity index (χ0v) is 11.3. The number of ether oxygens (including phenoxy) is 1. The van der Waals surface area contributed by atoms with Crippen LogP contribution in [0.25, 0.3) is 0 Å². The van der Waals surface area contributed by atoms with Crippen LogP contribution in [-0.2, 0) is 0 Å². The summed E-state index contributed by atoms with van der Waals surface area (Å²) in [5.74, 6) is 1.27. The van der Waals surface area contributed by atoms with Crippen molar-refractivity contribution in [2.75, 3.05) is 7.11 Å². The maximum atomic E-state index is 12.6. The first-order valence-electron chi connectivity index (χ1n) is 6.70. The minimum atomic E-state index is -0.0224. The zero-order valence-electron chi connectivity index (χ0n) is 11.3. The van der Waals surface area contributed by atoms with E-state index in [1.807, 2.05) is 12.1 Å². The molecule has 0 bridgehead atoms. The van der Waals surface area contributed by atoms with E-state index in [0.717, 1.165) is 18.4 Å². The first kappa shape index (κ1) is 12.7. The lowest BCUT2D eigenvalue weighted by atomic mass is 9.95. The summed E-state index contributed by atoms with van der Waals surface area (Å²) in [5, 5.41) is 9.62. The Kier molecular flexibility index (Phi) is 3.18. The Balaban J connectivity index is 2.01. The fourth-order valence-corrected chi connectivity index (χ4v) is 2.41. The average Bonchev–Trinajstić information content (AvgIpc) is 3.31. The SMILES string of the molecule is COc1cccc(C(=O)c2ccc(O)cc2C2CC2)c1. The molecule has 3 heteroatoms. The average molecular weight is 268 g/mol. The number of methoxy groups -OCH3 is 1. The third-order valence-electron chi connectivity index (χ3n) is 3.63.